The van der Waals surface area contributed by atoms with E-state index in [9.17, 15) is 9.70 Å². The van der Waals surface area contributed by atoms with Crippen LogP contribution in [0.25, 0.3) is 0 Å². The van der Waals surface area contributed by atoms with E-state index in [2.05, 4.69) is 5.18 Å². The second-order valence-corrected chi connectivity index (χ2v) is 4.37. The summed E-state index contributed by atoms with van der Waals surface area (Å²) in [6.07, 6.45) is 4.75. The number of rotatable bonds is 3. The fourth-order valence-electron chi connectivity index (χ4n) is 2.25. The fraction of sp³-hybridized carbons (Fsp3) is 0.462. The number of nitroso groups, excluding NO2 is 1. The van der Waals surface area contributed by atoms with Crippen molar-refractivity contribution in [1.82, 2.24) is 0 Å². The first-order valence-electron chi connectivity index (χ1n) is 5.74. The average Bonchev–Trinajstić information content (AvgIpc) is 2.33. The molecule has 0 N–H and O–H groups in total. The standard InChI is InChI=1S/C13H15NO2/c15-13-4-2-1-3-11(13)9-10-5-7-12(14-16)8-6-10/h5-8,11H,1-4,9H2/t11-/m1/s1. The van der Waals surface area contributed by atoms with Crippen LogP contribution in [0.1, 0.15) is 31.2 Å². The van der Waals surface area contributed by atoms with Gasteiger partial charge in [0.2, 0.25) is 0 Å². The maximum Gasteiger partial charge on any atom is 0.136 e. The van der Waals surface area contributed by atoms with Crippen molar-refractivity contribution < 1.29 is 4.79 Å². The van der Waals surface area contributed by atoms with Gasteiger partial charge in [-0.25, -0.2) is 0 Å². The second-order valence-electron chi connectivity index (χ2n) is 4.37. The number of nitrogens with zero attached hydrogens (tertiary/aromatic N) is 1. The predicted octanol–water partition coefficient (Wildman–Crippen LogP) is 3.39. The van der Waals surface area contributed by atoms with Gasteiger partial charge in [-0.2, -0.15) is 0 Å². The third kappa shape index (κ3) is 2.54. The van der Waals surface area contributed by atoms with E-state index in [-0.39, 0.29) is 5.92 Å². The van der Waals surface area contributed by atoms with Gasteiger partial charge in [0.15, 0.2) is 0 Å². The molecule has 1 aromatic rings. The minimum atomic E-state index is 0.184. The van der Waals surface area contributed by atoms with Crippen LogP contribution in [-0.4, -0.2) is 5.78 Å². The molecule has 1 atom stereocenters. The van der Waals surface area contributed by atoms with Crippen LogP contribution in [0.5, 0.6) is 0 Å². The van der Waals surface area contributed by atoms with Gasteiger partial charge in [-0.05, 0) is 42.1 Å². The zero-order chi connectivity index (χ0) is 11.4. The van der Waals surface area contributed by atoms with Gasteiger partial charge >= 0.3 is 0 Å². The third-order valence-electron chi connectivity index (χ3n) is 3.20. The summed E-state index contributed by atoms with van der Waals surface area (Å²) in [4.78, 5) is 21.9. The summed E-state index contributed by atoms with van der Waals surface area (Å²) in [6, 6.07) is 7.18. The molecule has 0 saturated heterocycles. The molecule has 0 aromatic heterocycles. The molecule has 0 unspecified atom stereocenters. The Hall–Kier alpha value is -1.51. The summed E-state index contributed by atoms with van der Waals surface area (Å²) in [5.74, 6) is 0.577. The minimum Gasteiger partial charge on any atom is -0.299 e. The van der Waals surface area contributed by atoms with Gasteiger partial charge in [0.05, 0.1) is 0 Å². The van der Waals surface area contributed by atoms with E-state index in [1.165, 1.54) is 0 Å². The number of carbonyl (C=O) groups excluding carboxylic acids is 1. The average molecular weight is 217 g/mol. The van der Waals surface area contributed by atoms with Crippen molar-refractivity contribution in [3.8, 4) is 0 Å². The molecule has 2 rings (SSSR count). The van der Waals surface area contributed by atoms with Crippen molar-refractivity contribution in [2.75, 3.05) is 0 Å². The lowest BCUT2D eigenvalue weighted by molar-refractivity contribution is -0.124. The molecule has 1 aromatic carbocycles. The quantitative estimate of drug-likeness (QED) is 0.728. The fourth-order valence-corrected chi connectivity index (χ4v) is 2.25. The summed E-state index contributed by atoms with van der Waals surface area (Å²) < 4.78 is 0. The lowest BCUT2D eigenvalue weighted by Gasteiger charge is -2.20. The molecule has 0 spiro atoms. The summed E-state index contributed by atoms with van der Waals surface area (Å²) in [6.45, 7) is 0. The number of carbonyl (C=O) groups is 1. The van der Waals surface area contributed by atoms with Crippen LogP contribution < -0.4 is 0 Å². The Balaban J connectivity index is 2.02. The normalized spacial score (nSPS) is 20.8. The molecular weight excluding hydrogens is 202 g/mol. The van der Waals surface area contributed by atoms with E-state index in [0.29, 0.717) is 11.5 Å². The highest BCUT2D eigenvalue weighted by Gasteiger charge is 2.21. The molecule has 0 radical (unpaired) electrons. The molecule has 1 saturated carbocycles. The van der Waals surface area contributed by atoms with Crippen LogP contribution in [0.2, 0.25) is 0 Å². The van der Waals surface area contributed by atoms with Crippen LogP contribution in [0.3, 0.4) is 0 Å². The third-order valence-corrected chi connectivity index (χ3v) is 3.20. The van der Waals surface area contributed by atoms with Crippen LogP contribution in [0.15, 0.2) is 29.4 Å². The molecule has 0 aliphatic heterocycles. The molecule has 84 valence electrons. The Morgan fingerprint density at radius 2 is 1.94 bits per heavy atom. The molecule has 1 aliphatic rings. The van der Waals surface area contributed by atoms with Gasteiger partial charge in [-0.3, -0.25) is 4.79 Å². The van der Waals surface area contributed by atoms with Gasteiger partial charge < -0.3 is 0 Å². The lowest BCUT2D eigenvalue weighted by Crippen LogP contribution is -2.20. The lowest BCUT2D eigenvalue weighted by atomic mass is 9.84. The number of hydrogen-bond acceptors (Lipinski definition) is 3. The van der Waals surface area contributed by atoms with Crippen molar-refractivity contribution in [2.45, 2.75) is 32.1 Å². The molecule has 0 heterocycles. The van der Waals surface area contributed by atoms with E-state index >= 15 is 0 Å². The Kier molecular flexibility index (Phi) is 3.44. The SMILES string of the molecule is O=Nc1ccc(C[C@H]2CCCCC2=O)cc1. The largest absolute Gasteiger partial charge is 0.299 e. The maximum absolute atomic E-state index is 11.7. The monoisotopic (exact) mass is 217 g/mol. The molecule has 16 heavy (non-hydrogen) atoms. The molecule has 1 fully saturated rings. The van der Waals surface area contributed by atoms with Crippen LogP contribution in [-0.2, 0) is 11.2 Å². The first-order valence-corrected chi connectivity index (χ1v) is 5.74. The smallest absolute Gasteiger partial charge is 0.136 e. The Morgan fingerprint density at radius 3 is 2.56 bits per heavy atom. The van der Waals surface area contributed by atoms with Gasteiger partial charge in [-0.15, -0.1) is 4.91 Å². The zero-order valence-corrected chi connectivity index (χ0v) is 9.19. The molecule has 0 bridgehead atoms. The summed E-state index contributed by atoms with van der Waals surface area (Å²) in [5.41, 5.74) is 1.56. The number of ketones is 1. The van der Waals surface area contributed by atoms with Gasteiger partial charge in [0.1, 0.15) is 11.5 Å². The van der Waals surface area contributed by atoms with E-state index in [1.54, 1.807) is 12.1 Å². The number of Topliss-reactive ketones (excluding diaryl/α,β-unsaturated/α-hetero) is 1. The van der Waals surface area contributed by atoms with Gasteiger partial charge in [-0.1, -0.05) is 18.6 Å². The van der Waals surface area contributed by atoms with Crippen molar-refractivity contribution in [3.05, 3.63) is 34.7 Å². The van der Waals surface area contributed by atoms with E-state index < -0.39 is 0 Å². The zero-order valence-electron chi connectivity index (χ0n) is 9.19. The minimum absolute atomic E-state index is 0.184. The molecule has 3 heteroatoms. The van der Waals surface area contributed by atoms with Crippen molar-refractivity contribution in [2.24, 2.45) is 11.1 Å². The Labute approximate surface area is 94.8 Å². The Bertz CT molecular complexity index is 383. The number of benzene rings is 1. The van der Waals surface area contributed by atoms with E-state index in [1.807, 2.05) is 12.1 Å². The highest BCUT2D eigenvalue weighted by molar-refractivity contribution is 5.81. The van der Waals surface area contributed by atoms with Crippen molar-refractivity contribution in [1.29, 1.82) is 0 Å². The summed E-state index contributed by atoms with van der Waals surface area (Å²) in [7, 11) is 0. The van der Waals surface area contributed by atoms with Crippen LogP contribution >= 0.6 is 0 Å². The highest BCUT2D eigenvalue weighted by Crippen LogP contribution is 2.24. The molecule has 3 nitrogen and oxygen atoms in total. The molecule has 1 aliphatic carbocycles. The van der Waals surface area contributed by atoms with E-state index in [0.717, 1.165) is 37.7 Å². The molecular formula is C13H15NO2. The van der Waals surface area contributed by atoms with Crippen LogP contribution in [0, 0.1) is 10.8 Å². The van der Waals surface area contributed by atoms with Crippen LogP contribution in [0.4, 0.5) is 5.69 Å². The highest BCUT2D eigenvalue weighted by atomic mass is 16.3. The van der Waals surface area contributed by atoms with Gasteiger partial charge in [0.25, 0.3) is 0 Å². The van der Waals surface area contributed by atoms with Crippen molar-refractivity contribution >= 4 is 11.5 Å². The first kappa shape index (κ1) is 11.0. The second kappa shape index (κ2) is 5.01. The molecule has 0 amide bonds. The Morgan fingerprint density at radius 1 is 1.19 bits per heavy atom. The summed E-state index contributed by atoms with van der Waals surface area (Å²) in [5, 5.41) is 2.86. The van der Waals surface area contributed by atoms with E-state index in [4.69, 9.17) is 0 Å². The number of hydrogen-bond donors (Lipinski definition) is 0. The summed E-state index contributed by atoms with van der Waals surface area (Å²) >= 11 is 0. The van der Waals surface area contributed by atoms with Crippen molar-refractivity contribution in [3.63, 3.8) is 0 Å². The maximum atomic E-state index is 11.7. The predicted molar refractivity (Wildman–Crippen MR) is 62.6 cm³/mol. The topological polar surface area (TPSA) is 46.5 Å². The van der Waals surface area contributed by atoms with Gasteiger partial charge in [0, 0.05) is 12.3 Å². The first-order chi connectivity index (χ1) is 7.79.